The Kier molecular flexibility index (Phi) is 5.84. The number of amides is 1. The summed E-state index contributed by atoms with van der Waals surface area (Å²) in [5.74, 6) is -1.20. The summed E-state index contributed by atoms with van der Waals surface area (Å²) < 4.78 is 16.7. The normalized spacial score (nSPS) is 35.3. The molecule has 10 nitrogen and oxygen atoms in total. The highest BCUT2D eigenvalue weighted by Gasteiger charge is 2.80. The highest BCUT2D eigenvalue weighted by Crippen LogP contribution is 2.67. The van der Waals surface area contributed by atoms with Crippen LogP contribution in [0.5, 0.6) is 5.75 Å². The number of nitrogens with one attached hydrogen (secondary N) is 1. The fourth-order valence-electron chi connectivity index (χ4n) is 8.04. The summed E-state index contributed by atoms with van der Waals surface area (Å²) in [6.07, 6.45) is 4.05. The largest absolute Gasteiger partial charge is 0.494 e. The monoisotopic (exact) mass is 513 g/mol. The molecule has 4 aliphatic rings. The quantitative estimate of drug-likeness (QED) is 0.447. The number of likely N-dealkylation sites (N-methyl/N-ethyl adjacent to an activating group) is 1. The van der Waals surface area contributed by atoms with Gasteiger partial charge in [0.05, 0.1) is 25.9 Å². The number of fused-ring (bicyclic) bond motifs is 1. The Bertz CT molecular complexity index is 1200. The molecule has 2 N–H and O–H groups in total. The number of ether oxygens (including phenoxy) is 3. The maximum absolute atomic E-state index is 13.7. The van der Waals surface area contributed by atoms with Crippen LogP contribution in [0.25, 0.3) is 0 Å². The molecule has 1 aliphatic carbocycles. The van der Waals surface area contributed by atoms with Gasteiger partial charge in [0.25, 0.3) is 0 Å². The molecule has 3 heterocycles. The van der Waals surface area contributed by atoms with Crippen molar-refractivity contribution in [3.05, 3.63) is 29.8 Å². The molecule has 1 saturated carbocycles. The Morgan fingerprint density at radius 2 is 1.92 bits per heavy atom. The van der Waals surface area contributed by atoms with Crippen molar-refractivity contribution in [2.75, 3.05) is 44.6 Å². The number of carbonyl (C=O) groups excluding carboxylic acids is 3. The van der Waals surface area contributed by atoms with Gasteiger partial charge in [0.1, 0.15) is 5.75 Å². The molecule has 1 aromatic carbocycles. The van der Waals surface area contributed by atoms with Crippen molar-refractivity contribution < 1.29 is 33.7 Å². The number of methoxy groups -OCH3 is 2. The number of hydrogen-bond acceptors (Lipinski definition) is 9. The maximum atomic E-state index is 13.7. The first-order chi connectivity index (χ1) is 17.5. The number of carbonyl (C=O) groups is 3. The number of hydrogen-bond donors (Lipinski definition) is 2. The lowest BCUT2D eigenvalue weighted by Gasteiger charge is -2.63. The van der Waals surface area contributed by atoms with Gasteiger partial charge in [-0.25, -0.2) is 4.79 Å². The molecule has 0 unspecified atom stereocenters. The van der Waals surface area contributed by atoms with Crippen LogP contribution in [-0.4, -0.2) is 86.0 Å². The summed E-state index contributed by atoms with van der Waals surface area (Å²) >= 11 is 0. The Morgan fingerprint density at radius 3 is 2.51 bits per heavy atom. The highest BCUT2D eigenvalue weighted by atomic mass is 16.6. The van der Waals surface area contributed by atoms with Crippen LogP contribution in [0.15, 0.2) is 24.3 Å². The van der Waals surface area contributed by atoms with Gasteiger partial charge in [0, 0.05) is 56.1 Å². The molecule has 2 fully saturated rings. The van der Waals surface area contributed by atoms with Crippen LogP contribution in [0.2, 0.25) is 0 Å². The fourth-order valence-corrected chi connectivity index (χ4v) is 8.04. The van der Waals surface area contributed by atoms with E-state index in [1.54, 1.807) is 0 Å². The van der Waals surface area contributed by atoms with Gasteiger partial charge in [-0.3, -0.25) is 14.5 Å². The fraction of sp³-hybridized carbons (Fsp3) is 0.593. The van der Waals surface area contributed by atoms with Crippen molar-refractivity contribution in [3.63, 3.8) is 0 Å². The molecule has 1 spiro atoms. The zero-order chi connectivity index (χ0) is 26.9. The van der Waals surface area contributed by atoms with Crippen molar-refractivity contribution in [3.8, 4) is 5.75 Å². The molecule has 5 rings (SSSR count). The minimum absolute atomic E-state index is 0.184. The van der Waals surface area contributed by atoms with Gasteiger partial charge in [-0.05, 0) is 31.0 Å². The lowest BCUT2D eigenvalue weighted by molar-refractivity contribution is -0.228. The molecule has 1 amide bonds. The maximum Gasteiger partial charge on any atom is 0.344 e. The average Bonchev–Trinajstić information content (AvgIpc) is 3.37. The van der Waals surface area contributed by atoms with Crippen molar-refractivity contribution in [2.24, 2.45) is 5.41 Å². The summed E-state index contributed by atoms with van der Waals surface area (Å²) in [6, 6.07) is 2.76. The van der Waals surface area contributed by atoms with Gasteiger partial charge >= 0.3 is 11.9 Å². The Hall–Kier alpha value is -3.11. The van der Waals surface area contributed by atoms with Crippen molar-refractivity contribution in [2.45, 2.75) is 62.8 Å². The summed E-state index contributed by atoms with van der Waals surface area (Å²) in [5.41, 5.74) is -1.56. The first kappa shape index (κ1) is 25.5. The smallest absolute Gasteiger partial charge is 0.344 e. The second-order valence-corrected chi connectivity index (χ2v) is 10.6. The molecule has 0 radical (unpaired) electrons. The predicted molar refractivity (Wildman–Crippen MR) is 136 cm³/mol. The number of rotatable bonds is 5. The van der Waals surface area contributed by atoms with E-state index >= 15 is 0 Å². The van der Waals surface area contributed by atoms with Crippen LogP contribution >= 0.6 is 0 Å². The van der Waals surface area contributed by atoms with Gasteiger partial charge in [-0.2, -0.15) is 0 Å². The van der Waals surface area contributed by atoms with Gasteiger partial charge in [0.15, 0.2) is 6.10 Å². The number of esters is 2. The van der Waals surface area contributed by atoms with Gasteiger partial charge in [-0.1, -0.05) is 19.1 Å². The van der Waals surface area contributed by atoms with E-state index in [2.05, 4.69) is 10.2 Å². The SMILES string of the molecule is CC[C@]12C=CCN3CC[C@@]4(c5cc(NC(C)=O)c(OC)cc5N(C)[C@H]4[C@@](O)(C(=O)OC)[C@@H]1OC(C)=O)[C@@H]32. The van der Waals surface area contributed by atoms with E-state index in [9.17, 15) is 19.5 Å². The number of benzene rings is 1. The van der Waals surface area contributed by atoms with Gasteiger partial charge < -0.3 is 29.5 Å². The van der Waals surface area contributed by atoms with Crippen molar-refractivity contribution in [1.29, 1.82) is 0 Å². The van der Waals surface area contributed by atoms with E-state index in [1.807, 2.05) is 43.2 Å². The van der Waals surface area contributed by atoms with Crippen LogP contribution in [0.3, 0.4) is 0 Å². The Labute approximate surface area is 216 Å². The summed E-state index contributed by atoms with van der Waals surface area (Å²) in [4.78, 5) is 42.4. The molecule has 1 saturated heterocycles. The Balaban J connectivity index is 1.86. The van der Waals surface area contributed by atoms with Crippen molar-refractivity contribution in [1.82, 2.24) is 4.90 Å². The van der Waals surface area contributed by atoms with E-state index in [1.165, 1.54) is 28.1 Å². The zero-order valence-electron chi connectivity index (χ0n) is 22.2. The topological polar surface area (TPSA) is 118 Å². The summed E-state index contributed by atoms with van der Waals surface area (Å²) in [7, 11) is 4.59. The predicted octanol–water partition coefficient (Wildman–Crippen LogP) is 1.60. The molecule has 200 valence electrons. The molecule has 37 heavy (non-hydrogen) atoms. The second-order valence-electron chi connectivity index (χ2n) is 10.6. The first-order valence-corrected chi connectivity index (χ1v) is 12.7. The minimum atomic E-state index is -2.18. The summed E-state index contributed by atoms with van der Waals surface area (Å²) in [6.45, 7) is 6.15. The van der Waals surface area contributed by atoms with Gasteiger partial charge in [0.2, 0.25) is 11.5 Å². The van der Waals surface area contributed by atoms with E-state index < -0.39 is 40.5 Å². The van der Waals surface area contributed by atoms with Crippen LogP contribution < -0.4 is 15.0 Å². The summed E-state index contributed by atoms with van der Waals surface area (Å²) in [5, 5.41) is 15.5. The van der Waals surface area contributed by atoms with E-state index in [-0.39, 0.29) is 11.9 Å². The molecular weight excluding hydrogens is 478 g/mol. The standard InChI is InChI=1S/C27H35N3O7/c1-7-25-9-8-11-30-12-10-26(21(25)30)17-13-18(28-15(2)31)20(35-5)14-19(17)29(4)22(26)27(34,24(33)36-6)23(25)37-16(3)32/h8-9,13-14,21-23,34H,7,10-12H2,1-6H3,(H,28,31)/t21-,22+,23+,25+,26+,27-/m0/s1. The zero-order valence-corrected chi connectivity index (χ0v) is 22.2. The van der Waals surface area contributed by atoms with E-state index in [0.717, 1.165) is 17.8 Å². The lowest BCUT2D eigenvalue weighted by Crippen LogP contribution is -2.81. The van der Waals surface area contributed by atoms with Crippen molar-refractivity contribution >= 4 is 29.2 Å². The number of nitrogens with zero attached hydrogens (tertiary/aromatic N) is 2. The minimum Gasteiger partial charge on any atom is -0.494 e. The average molecular weight is 514 g/mol. The molecule has 0 bridgehead atoms. The first-order valence-electron chi connectivity index (χ1n) is 12.7. The van der Waals surface area contributed by atoms with Crippen LogP contribution in [0, 0.1) is 5.41 Å². The third-order valence-corrected chi connectivity index (χ3v) is 9.04. The van der Waals surface area contributed by atoms with Crippen LogP contribution in [0.4, 0.5) is 11.4 Å². The number of anilines is 2. The Morgan fingerprint density at radius 1 is 1.19 bits per heavy atom. The number of aliphatic hydroxyl groups is 1. The third-order valence-electron chi connectivity index (χ3n) is 9.04. The second kappa shape index (κ2) is 8.46. The van der Waals surface area contributed by atoms with Gasteiger partial charge in [-0.15, -0.1) is 0 Å². The molecule has 6 atom stereocenters. The third kappa shape index (κ3) is 3.08. The molecule has 3 aliphatic heterocycles. The van der Waals surface area contributed by atoms with Crippen LogP contribution in [-0.2, 0) is 29.3 Å². The van der Waals surface area contributed by atoms with E-state index in [0.29, 0.717) is 30.8 Å². The van der Waals surface area contributed by atoms with E-state index in [4.69, 9.17) is 14.2 Å². The lowest BCUT2D eigenvalue weighted by atomic mass is 9.47. The molecule has 10 heteroatoms. The molecule has 0 aromatic heterocycles. The van der Waals surface area contributed by atoms with Crippen LogP contribution in [0.1, 0.15) is 39.2 Å². The highest BCUT2D eigenvalue weighted by molar-refractivity contribution is 5.93. The molecular formula is C27H35N3O7. The molecule has 1 aromatic rings.